The molecular formula is C18H33IN4. The van der Waals surface area contributed by atoms with E-state index in [1.54, 1.807) is 0 Å². The molecule has 1 atom stereocenters. The van der Waals surface area contributed by atoms with Crippen molar-refractivity contribution in [1.29, 1.82) is 0 Å². The predicted octanol–water partition coefficient (Wildman–Crippen LogP) is 3.22. The molecule has 0 aromatic heterocycles. The number of rotatable bonds is 8. The minimum atomic E-state index is 0. The van der Waals surface area contributed by atoms with Crippen LogP contribution in [-0.4, -0.2) is 51.1 Å². The third kappa shape index (κ3) is 9.81. The molecule has 0 saturated carbocycles. The molecule has 1 rings (SSSR count). The zero-order valence-corrected chi connectivity index (χ0v) is 17.6. The van der Waals surface area contributed by atoms with Gasteiger partial charge in [0.15, 0.2) is 5.96 Å². The van der Waals surface area contributed by atoms with Crippen LogP contribution in [0.2, 0.25) is 0 Å². The minimum absolute atomic E-state index is 0. The fraction of sp³-hybridized carbons (Fsp3) is 0.611. The Morgan fingerprint density at radius 2 is 2.00 bits per heavy atom. The molecule has 0 fully saturated rings. The highest BCUT2D eigenvalue weighted by Crippen LogP contribution is 2.16. The number of hydrogen-bond donors (Lipinski definition) is 2. The quantitative estimate of drug-likeness (QED) is 0.287. The monoisotopic (exact) mass is 432 g/mol. The summed E-state index contributed by atoms with van der Waals surface area (Å²) in [5.41, 5.74) is 2.66. The Bertz CT molecular complexity index is 460. The highest BCUT2D eigenvalue weighted by atomic mass is 127. The minimum Gasteiger partial charge on any atom is -0.357 e. The van der Waals surface area contributed by atoms with Gasteiger partial charge in [0, 0.05) is 25.6 Å². The van der Waals surface area contributed by atoms with Gasteiger partial charge in [-0.15, -0.1) is 24.0 Å². The van der Waals surface area contributed by atoms with Gasteiger partial charge in [0.1, 0.15) is 0 Å². The summed E-state index contributed by atoms with van der Waals surface area (Å²) in [6.07, 6.45) is 1.12. The predicted molar refractivity (Wildman–Crippen MR) is 112 cm³/mol. The number of hydrogen-bond acceptors (Lipinski definition) is 2. The van der Waals surface area contributed by atoms with E-state index in [-0.39, 0.29) is 24.0 Å². The van der Waals surface area contributed by atoms with Gasteiger partial charge < -0.3 is 15.5 Å². The lowest BCUT2D eigenvalue weighted by atomic mass is 10.00. The van der Waals surface area contributed by atoms with Crippen molar-refractivity contribution in [1.82, 2.24) is 15.5 Å². The maximum atomic E-state index is 4.72. The zero-order valence-electron chi connectivity index (χ0n) is 15.2. The van der Waals surface area contributed by atoms with E-state index in [0.29, 0.717) is 5.92 Å². The van der Waals surface area contributed by atoms with Crippen LogP contribution < -0.4 is 10.6 Å². The Morgan fingerprint density at radius 1 is 1.26 bits per heavy atom. The van der Waals surface area contributed by atoms with Gasteiger partial charge in [0.2, 0.25) is 0 Å². The molecule has 132 valence electrons. The van der Waals surface area contributed by atoms with Crippen molar-refractivity contribution in [3.8, 4) is 0 Å². The molecule has 0 saturated heterocycles. The molecule has 5 heteroatoms. The van der Waals surface area contributed by atoms with Crippen molar-refractivity contribution in [2.75, 3.05) is 40.3 Å². The number of guanidine groups is 1. The molecule has 1 unspecified atom stereocenters. The third-order valence-electron chi connectivity index (χ3n) is 3.55. The van der Waals surface area contributed by atoms with E-state index in [1.807, 2.05) is 0 Å². The Labute approximate surface area is 159 Å². The molecule has 0 aliphatic heterocycles. The van der Waals surface area contributed by atoms with E-state index in [0.717, 1.165) is 38.6 Å². The smallest absolute Gasteiger partial charge is 0.191 e. The largest absolute Gasteiger partial charge is 0.357 e. The van der Waals surface area contributed by atoms with Crippen LogP contribution in [-0.2, 0) is 0 Å². The molecule has 4 nitrogen and oxygen atoms in total. The van der Waals surface area contributed by atoms with E-state index < -0.39 is 0 Å². The first kappa shape index (κ1) is 22.2. The van der Waals surface area contributed by atoms with Crippen LogP contribution in [0.3, 0.4) is 0 Å². The summed E-state index contributed by atoms with van der Waals surface area (Å²) in [7, 11) is 4.20. The Balaban J connectivity index is 0.00000484. The maximum absolute atomic E-state index is 4.72. The summed E-state index contributed by atoms with van der Waals surface area (Å²) < 4.78 is 0. The van der Waals surface area contributed by atoms with Gasteiger partial charge in [0.25, 0.3) is 0 Å². The van der Waals surface area contributed by atoms with E-state index in [2.05, 4.69) is 74.7 Å². The summed E-state index contributed by atoms with van der Waals surface area (Å²) >= 11 is 0. The average molecular weight is 432 g/mol. The van der Waals surface area contributed by atoms with Gasteiger partial charge in [-0.1, -0.05) is 36.8 Å². The molecule has 0 spiro atoms. The molecule has 0 aliphatic carbocycles. The van der Waals surface area contributed by atoms with Gasteiger partial charge in [-0.25, -0.2) is 0 Å². The number of benzene rings is 1. The normalized spacial score (nSPS) is 12.7. The van der Waals surface area contributed by atoms with E-state index in [4.69, 9.17) is 4.99 Å². The van der Waals surface area contributed by atoms with Crippen LogP contribution >= 0.6 is 24.0 Å². The Hall–Kier alpha value is -0.820. The molecule has 0 aliphatic rings. The topological polar surface area (TPSA) is 39.7 Å². The summed E-state index contributed by atoms with van der Waals surface area (Å²) in [5, 5.41) is 6.72. The highest BCUT2D eigenvalue weighted by Gasteiger charge is 2.05. The van der Waals surface area contributed by atoms with Gasteiger partial charge in [0.05, 0.1) is 0 Å². The molecular weight excluding hydrogens is 399 g/mol. The number of nitrogens with zero attached hydrogens (tertiary/aromatic N) is 2. The lowest BCUT2D eigenvalue weighted by Crippen LogP contribution is -2.38. The first-order valence-corrected chi connectivity index (χ1v) is 8.26. The van der Waals surface area contributed by atoms with Crippen LogP contribution in [0.15, 0.2) is 29.3 Å². The summed E-state index contributed by atoms with van der Waals surface area (Å²) in [6.45, 7) is 10.2. The molecule has 0 bridgehead atoms. The Kier molecular flexibility index (Phi) is 12.1. The first-order chi connectivity index (χ1) is 10.5. The zero-order chi connectivity index (χ0) is 16.4. The number of aryl methyl sites for hydroxylation is 1. The summed E-state index contributed by atoms with van der Waals surface area (Å²) in [6, 6.07) is 8.69. The Morgan fingerprint density at radius 3 is 2.61 bits per heavy atom. The molecule has 0 heterocycles. The summed E-state index contributed by atoms with van der Waals surface area (Å²) in [5.74, 6) is 1.35. The van der Waals surface area contributed by atoms with Crippen LogP contribution in [0.1, 0.15) is 37.3 Å². The van der Waals surface area contributed by atoms with Crippen LogP contribution in [0.4, 0.5) is 0 Å². The summed E-state index contributed by atoms with van der Waals surface area (Å²) in [4.78, 5) is 6.92. The number of nitrogens with one attached hydrogen (secondary N) is 2. The molecule has 23 heavy (non-hydrogen) atoms. The van der Waals surface area contributed by atoms with Crippen molar-refractivity contribution < 1.29 is 0 Å². The molecule has 1 aromatic rings. The SMILES string of the molecule is CCNC(=NCC(C)c1cccc(C)c1)NCCCN(C)C.I. The highest BCUT2D eigenvalue weighted by molar-refractivity contribution is 14.0. The second kappa shape index (κ2) is 12.6. The fourth-order valence-corrected chi connectivity index (χ4v) is 2.25. The lowest BCUT2D eigenvalue weighted by Gasteiger charge is -2.15. The van der Waals surface area contributed by atoms with Gasteiger partial charge in [-0.3, -0.25) is 4.99 Å². The molecule has 2 N–H and O–H groups in total. The first-order valence-electron chi connectivity index (χ1n) is 8.26. The van der Waals surface area contributed by atoms with Crippen LogP contribution in [0.25, 0.3) is 0 Å². The standard InChI is InChI=1S/C18H32N4.HI/c1-6-19-18(20-11-8-12-22(4)5)21-14-16(3)17-10-7-9-15(2)13-17;/h7,9-10,13,16H,6,8,11-12,14H2,1-5H3,(H2,19,20,21);1H. The van der Waals surface area contributed by atoms with E-state index in [9.17, 15) is 0 Å². The average Bonchev–Trinajstić information content (AvgIpc) is 2.48. The molecule has 1 aromatic carbocycles. The second-order valence-corrected chi connectivity index (χ2v) is 6.12. The molecule has 0 radical (unpaired) electrons. The fourth-order valence-electron chi connectivity index (χ4n) is 2.25. The van der Waals surface area contributed by atoms with Crippen molar-refractivity contribution in [3.63, 3.8) is 0 Å². The van der Waals surface area contributed by atoms with Crippen LogP contribution in [0, 0.1) is 6.92 Å². The van der Waals surface area contributed by atoms with Gasteiger partial charge in [-0.2, -0.15) is 0 Å². The second-order valence-electron chi connectivity index (χ2n) is 6.12. The van der Waals surface area contributed by atoms with Crippen molar-refractivity contribution in [2.45, 2.75) is 33.1 Å². The van der Waals surface area contributed by atoms with Gasteiger partial charge >= 0.3 is 0 Å². The van der Waals surface area contributed by atoms with Crippen molar-refractivity contribution in [2.24, 2.45) is 4.99 Å². The number of halogens is 1. The van der Waals surface area contributed by atoms with E-state index >= 15 is 0 Å². The van der Waals surface area contributed by atoms with Gasteiger partial charge in [-0.05, 0) is 46.5 Å². The van der Waals surface area contributed by atoms with Crippen molar-refractivity contribution in [3.05, 3.63) is 35.4 Å². The number of aliphatic imine (C=N–C) groups is 1. The maximum Gasteiger partial charge on any atom is 0.191 e. The third-order valence-corrected chi connectivity index (χ3v) is 3.55. The molecule has 0 amide bonds. The van der Waals surface area contributed by atoms with Crippen LogP contribution in [0.5, 0.6) is 0 Å². The van der Waals surface area contributed by atoms with E-state index in [1.165, 1.54) is 11.1 Å². The van der Waals surface area contributed by atoms with Crippen molar-refractivity contribution >= 4 is 29.9 Å². The lowest BCUT2D eigenvalue weighted by molar-refractivity contribution is 0.399.